The monoisotopic (exact) mass is 288 g/mol. The van der Waals surface area contributed by atoms with Crippen molar-refractivity contribution in [2.75, 3.05) is 13.2 Å². The average Bonchev–Trinajstić information content (AvgIpc) is 2.72. The highest BCUT2D eigenvalue weighted by Gasteiger charge is 2.27. The number of carbonyl (C=O) groups excluding carboxylic acids is 2. The Balaban J connectivity index is 2.40. The molecule has 1 N–H and O–H groups in total. The van der Waals surface area contributed by atoms with Crippen molar-refractivity contribution in [1.82, 2.24) is 10.2 Å². The van der Waals surface area contributed by atoms with Crippen LogP contribution in [-0.4, -0.2) is 41.2 Å². The molecule has 1 aliphatic rings. The zero-order valence-electron chi connectivity index (χ0n) is 11.6. The normalized spacial score (nSPS) is 18.3. The molecule has 7 heteroatoms. The summed E-state index contributed by atoms with van der Waals surface area (Å²) in [6.45, 7) is 7.75. The van der Waals surface area contributed by atoms with Gasteiger partial charge < -0.3 is 14.8 Å². The van der Waals surface area contributed by atoms with E-state index in [9.17, 15) is 9.59 Å². The van der Waals surface area contributed by atoms with Crippen molar-refractivity contribution in [3.05, 3.63) is 11.6 Å². The van der Waals surface area contributed by atoms with E-state index < -0.39 is 17.8 Å². The van der Waals surface area contributed by atoms with Crippen molar-refractivity contribution in [2.24, 2.45) is 0 Å². The van der Waals surface area contributed by atoms with Crippen LogP contribution in [-0.2, 0) is 9.47 Å². The molecule has 0 aromatic heterocycles. The van der Waals surface area contributed by atoms with Crippen LogP contribution in [0, 0.1) is 0 Å². The number of amides is 2. The quantitative estimate of drug-likeness (QED) is 0.864. The lowest BCUT2D eigenvalue weighted by atomic mass is 10.2. The van der Waals surface area contributed by atoms with E-state index in [1.165, 1.54) is 16.7 Å². The van der Waals surface area contributed by atoms with Gasteiger partial charge in [0.05, 0.1) is 13.2 Å². The van der Waals surface area contributed by atoms with E-state index in [2.05, 4.69) is 5.32 Å². The van der Waals surface area contributed by atoms with Gasteiger partial charge in [-0.1, -0.05) is 0 Å². The summed E-state index contributed by atoms with van der Waals surface area (Å²) < 4.78 is 10.0. The number of alkyl carbamates (subject to hydrolysis) is 1. The lowest BCUT2D eigenvalue weighted by Crippen LogP contribution is -2.42. The fourth-order valence-corrected chi connectivity index (χ4v) is 2.21. The van der Waals surface area contributed by atoms with Crippen LogP contribution >= 0.6 is 11.8 Å². The summed E-state index contributed by atoms with van der Waals surface area (Å²) in [4.78, 5) is 24.6. The lowest BCUT2D eigenvalue weighted by Gasteiger charge is -2.24. The zero-order valence-corrected chi connectivity index (χ0v) is 12.5. The van der Waals surface area contributed by atoms with Crippen molar-refractivity contribution in [3.63, 3.8) is 0 Å². The molecule has 1 heterocycles. The SMILES string of the molecule is CCOC(=O)N1C=CSC1CNC(=O)OC(C)(C)C. The Bertz CT molecular complexity index is 365. The molecule has 0 bridgehead atoms. The molecular formula is C12H20N2O4S. The second kappa shape index (κ2) is 6.70. The number of ether oxygens (including phenoxy) is 2. The minimum atomic E-state index is -0.536. The van der Waals surface area contributed by atoms with Crippen molar-refractivity contribution in [1.29, 1.82) is 0 Å². The summed E-state index contributed by atoms with van der Waals surface area (Å²) in [5.74, 6) is 0. The van der Waals surface area contributed by atoms with Gasteiger partial charge in [-0.25, -0.2) is 9.59 Å². The first-order chi connectivity index (χ1) is 8.83. The standard InChI is InChI=1S/C12H20N2O4S/c1-5-17-11(16)14-6-7-19-9(14)8-13-10(15)18-12(2,3)4/h6-7,9H,5,8H2,1-4H3,(H,13,15). The Morgan fingerprint density at radius 2 is 2.11 bits per heavy atom. The Kier molecular flexibility index (Phi) is 5.53. The molecule has 0 aromatic rings. The third kappa shape index (κ3) is 5.42. The van der Waals surface area contributed by atoms with Crippen molar-refractivity contribution in [2.45, 2.75) is 38.7 Å². The molecule has 6 nitrogen and oxygen atoms in total. The molecule has 1 rings (SSSR count). The predicted octanol–water partition coefficient (Wildman–Crippen LogP) is 2.51. The van der Waals surface area contributed by atoms with Crippen LogP contribution in [0.4, 0.5) is 9.59 Å². The van der Waals surface area contributed by atoms with E-state index in [0.29, 0.717) is 13.2 Å². The summed E-state index contributed by atoms with van der Waals surface area (Å²) in [5, 5.41) is 4.22. The van der Waals surface area contributed by atoms with Gasteiger partial charge in [-0.05, 0) is 33.1 Å². The summed E-state index contributed by atoms with van der Waals surface area (Å²) in [6.07, 6.45) is 0.730. The van der Waals surface area contributed by atoms with Crippen molar-refractivity contribution in [3.8, 4) is 0 Å². The van der Waals surface area contributed by atoms with Gasteiger partial charge in [-0.15, -0.1) is 11.8 Å². The number of nitrogens with one attached hydrogen (secondary N) is 1. The van der Waals surface area contributed by atoms with Crippen LogP contribution in [0.25, 0.3) is 0 Å². The maximum Gasteiger partial charge on any atom is 0.414 e. The molecule has 1 unspecified atom stereocenters. The molecule has 0 radical (unpaired) electrons. The van der Waals surface area contributed by atoms with Gasteiger partial charge in [0.2, 0.25) is 0 Å². The molecule has 2 amide bonds. The maximum atomic E-state index is 11.6. The molecule has 1 aliphatic heterocycles. The highest BCUT2D eigenvalue weighted by Crippen LogP contribution is 2.25. The Hall–Kier alpha value is -1.37. The molecule has 0 spiro atoms. The number of hydrogen-bond donors (Lipinski definition) is 1. The maximum absolute atomic E-state index is 11.6. The van der Waals surface area contributed by atoms with E-state index in [4.69, 9.17) is 9.47 Å². The molecule has 0 fully saturated rings. The topological polar surface area (TPSA) is 67.9 Å². The van der Waals surface area contributed by atoms with Crippen LogP contribution in [0.1, 0.15) is 27.7 Å². The molecule has 108 valence electrons. The second-order valence-electron chi connectivity index (χ2n) is 4.86. The van der Waals surface area contributed by atoms with E-state index in [-0.39, 0.29) is 5.37 Å². The van der Waals surface area contributed by atoms with Crippen LogP contribution in [0.2, 0.25) is 0 Å². The minimum Gasteiger partial charge on any atom is -0.449 e. The third-order valence-electron chi connectivity index (χ3n) is 2.07. The molecular weight excluding hydrogens is 268 g/mol. The Morgan fingerprint density at radius 3 is 2.68 bits per heavy atom. The fraction of sp³-hybridized carbons (Fsp3) is 0.667. The molecule has 0 aliphatic carbocycles. The largest absolute Gasteiger partial charge is 0.449 e. The molecule has 1 atom stereocenters. The first-order valence-corrected chi connectivity index (χ1v) is 7.02. The summed E-state index contributed by atoms with van der Waals surface area (Å²) in [6, 6.07) is 0. The molecule has 19 heavy (non-hydrogen) atoms. The van der Waals surface area contributed by atoms with E-state index in [1.54, 1.807) is 39.3 Å². The Morgan fingerprint density at radius 1 is 1.42 bits per heavy atom. The van der Waals surface area contributed by atoms with Crippen LogP contribution in [0.5, 0.6) is 0 Å². The van der Waals surface area contributed by atoms with Gasteiger partial charge in [0.15, 0.2) is 0 Å². The highest BCUT2D eigenvalue weighted by atomic mass is 32.2. The molecule has 0 saturated heterocycles. The number of nitrogens with zero attached hydrogens (tertiary/aromatic N) is 1. The van der Waals surface area contributed by atoms with E-state index >= 15 is 0 Å². The predicted molar refractivity (Wildman–Crippen MR) is 73.6 cm³/mol. The smallest absolute Gasteiger partial charge is 0.414 e. The first-order valence-electron chi connectivity index (χ1n) is 6.07. The zero-order chi connectivity index (χ0) is 14.5. The number of hydrogen-bond acceptors (Lipinski definition) is 5. The van der Waals surface area contributed by atoms with Gasteiger partial charge in [-0.3, -0.25) is 4.90 Å². The van der Waals surface area contributed by atoms with Crippen molar-refractivity contribution >= 4 is 23.9 Å². The summed E-state index contributed by atoms with van der Waals surface area (Å²) in [5.41, 5.74) is -0.536. The van der Waals surface area contributed by atoms with E-state index in [1.807, 2.05) is 0 Å². The highest BCUT2D eigenvalue weighted by molar-refractivity contribution is 8.02. The van der Waals surface area contributed by atoms with Gasteiger partial charge >= 0.3 is 12.2 Å². The molecule has 0 aromatic carbocycles. The minimum absolute atomic E-state index is 0.202. The number of carbonyl (C=O) groups is 2. The first kappa shape index (κ1) is 15.7. The average molecular weight is 288 g/mol. The van der Waals surface area contributed by atoms with Crippen LogP contribution < -0.4 is 5.32 Å². The lowest BCUT2D eigenvalue weighted by molar-refractivity contribution is 0.0518. The van der Waals surface area contributed by atoms with Gasteiger partial charge in [0.1, 0.15) is 11.0 Å². The third-order valence-corrected chi connectivity index (χ3v) is 3.05. The molecule has 0 saturated carbocycles. The van der Waals surface area contributed by atoms with Gasteiger partial charge in [0, 0.05) is 6.20 Å². The number of rotatable bonds is 3. The fourth-order valence-electron chi connectivity index (χ4n) is 1.36. The van der Waals surface area contributed by atoms with Gasteiger partial charge in [-0.2, -0.15) is 0 Å². The number of thioether (sulfide) groups is 1. The van der Waals surface area contributed by atoms with E-state index in [0.717, 1.165) is 0 Å². The summed E-state index contributed by atoms with van der Waals surface area (Å²) >= 11 is 1.44. The van der Waals surface area contributed by atoms with Crippen LogP contribution in [0.15, 0.2) is 11.6 Å². The van der Waals surface area contributed by atoms with Crippen molar-refractivity contribution < 1.29 is 19.1 Å². The van der Waals surface area contributed by atoms with Gasteiger partial charge in [0.25, 0.3) is 0 Å². The Labute approximate surface area is 117 Å². The second-order valence-corrected chi connectivity index (χ2v) is 5.95. The van der Waals surface area contributed by atoms with Crippen LogP contribution in [0.3, 0.4) is 0 Å². The summed E-state index contributed by atoms with van der Waals surface area (Å²) in [7, 11) is 0.